The summed E-state index contributed by atoms with van der Waals surface area (Å²) in [7, 11) is 0. The molecule has 0 radical (unpaired) electrons. The molecular formula is C15H21BrO. The molecule has 0 heterocycles. The lowest BCUT2D eigenvalue weighted by Crippen LogP contribution is -2.14. The van der Waals surface area contributed by atoms with E-state index < -0.39 is 0 Å². The largest absolute Gasteiger partial charge is 0.491 e. The van der Waals surface area contributed by atoms with Crippen molar-refractivity contribution in [3.8, 4) is 5.75 Å². The van der Waals surface area contributed by atoms with Crippen molar-refractivity contribution in [2.24, 2.45) is 0 Å². The second-order valence-corrected chi connectivity index (χ2v) is 6.49. The van der Waals surface area contributed by atoms with Crippen LogP contribution in [0.25, 0.3) is 0 Å². The van der Waals surface area contributed by atoms with Gasteiger partial charge in [0, 0.05) is 4.83 Å². The van der Waals surface area contributed by atoms with Gasteiger partial charge in [0.2, 0.25) is 0 Å². The molecule has 0 amide bonds. The van der Waals surface area contributed by atoms with E-state index >= 15 is 0 Å². The summed E-state index contributed by atoms with van der Waals surface area (Å²) in [6.45, 7) is 4.14. The topological polar surface area (TPSA) is 9.23 Å². The number of halogens is 1. The van der Waals surface area contributed by atoms with Crippen LogP contribution in [-0.2, 0) is 0 Å². The van der Waals surface area contributed by atoms with Gasteiger partial charge in [0.25, 0.3) is 0 Å². The average molecular weight is 297 g/mol. The molecule has 2 unspecified atom stereocenters. The van der Waals surface area contributed by atoms with E-state index in [2.05, 4.69) is 54.0 Å². The second-order valence-electron chi connectivity index (χ2n) is 5.20. The summed E-state index contributed by atoms with van der Waals surface area (Å²) >= 11 is 3.75. The van der Waals surface area contributed by atoms with E-state index in [0.717, 1.165) is 5.75 Å². The first kappa shape index (κ1) is 12.9. The minimum atomic E-state index is 0.250. The van der Waals surface area contributed by atoms with Crippen LogP contribution in [0.2, 0.25) is 0 Å². The van der Waals surface area contributed by atoms with Crippen LogP contribution in [0.3, 0.4) is 0 Å². The zero-order chi connectivity index (χ0) is 12.3. The van der Waals surface area contributed by atoms with Crippen LogP contribution in [-0.4, -0.2) is 10.9 Å². The predicted molar refractivity (Wildman–Crippen MR) is 76.1 cm³/mol. The van der Waals surface area contributed by atoms with Crippen molar-refractivity contribution in [3.63, 3.8) is 0 Å². The number of benzene rings is 1. The Kier molecular flexibility index (Phi) is 4.49. The number of hydrogen-bond donors (Lipinski definition) is 0. The van der Waals surface area contributed by atoms with E-state index in [-0.39, 0.29) is 6.10 Å². The van der Waals surface area contributed by atoms with Crippen molar-refractivity contribution >= 4 is 15.9 Å². The van der Waals surface area contributed by atoms with Crippen molar-refractivity contribution in [3.05, 3.63) is 29.8 Å². The monoisotopic (exact) mass is 296 g/mol. The van der Waals surface area contributed by atoms with Gasteiger partial charge >= 0.3 is 0 Å². The van der Waals surface area contributed by atoms with E-state index in [0.29, 0.717) is 10.7 Å². The molecule has 1 aromatic rings. The van der Waals surface area contributed by atoms with Crippen LogP contribution in [0, 0.1) is 0 Å². The van der Waals surface area contributed by atoms with Crippen molar-refractivity contribution < 1.29 is 4.74 Å². The molecule has 2 rings (SSSR count). The maximum absolute atomic E-state index is 5.76. The molecule has 1 aliphatic carbocycles. The summed E-state index contributed by atoms with van der Waals surface area (Å²) in [5.74, 6) is 1.71. The molecule has 1 aromatic carbocycles. The Hall–Kier alpha value is -0.500. The zero-order valence-electron chi connectivity index (χ0n) is 10.7. The van der Waals surface area contributed by atoms with Gasteiger partial charge in [-0.1, -0.05) is 34.5 Å². The number of ether oxygens (including phenoxy) is 1. The fraction of sp³-hybridized carbons (Fsp3) is 0.600. The third-order valence-corrected chi connectivity index (χ3v) is 4.14. The SMILES string of the molecule is CC(C)Oc1cccc(C2CCCC(Br)C2)c1. The quantitative estimate of drug-likeness (QED) is 0.721. The van der Waals surface area contributed by atoms with Gasteiger partial charge in [-0.15, -0.1) is 0 Å². The standard InChI is InChI=1S/C15H21BrO/c1-11(2)17-15-8-4-6-13(10-15)12-5-3-7-14(16)9-12/h4,6,8,10-12,14H,3,5,7,9H2,1-2H3. The van der Waals surface area contributed by atoms with Gasteiger partial charge in [-0.25, -0.2) is 0 Å². The highest BCUT2D eigenvalue weighted by atomic mass is 79.9. The van der Waals surface area contributed by atoms with Gasteiger partial charge in [0.15, 0.2) is 0 Å². The lowest BCUT2D eigenvalue weighted by Gasteiger charge is -2.26. The van der Waals surface area contributed by atoms with Crippen molar-refractivity contribution in [2.75, 3.05) is 0 Å². The smallest absolute Gasteiger partial charge is 0.119 e. The minimum absolute atomic E-state index is 0.250. The molecule has 1 fully saturated rings. The summed E-state index contributed by atoms with van der Waals surface area (Å²) in [5.41, 5.74) is 1.44. The highest BCUT2D eigenvalue weighted by Gasteiger charge is 2.21. The lowest BCUT2D eigenvalue weighted by molar-refractivity contribution is 0.242. The molecule has 1 aliphatic rings. The summed E-state index contributed by atoms with van der Waals surface area (Å²) in [4.78, 5) is 0.691. The molecule has 0 spiro atoms. The van der Waals surface area contributed by atoms with Crippen LogP contribution in [0.15, 0.2) is 24.3 Å². The Morgan fingerprint density at radius 2 is 2.12 bits per heavy atom. The number of rotatable bonds is 3. The first-order chi connectivity index (χ1) is 8.15. The summed E-state index contributed by atoms with van der Waals surface area (Å²) in [6.07, 6.45) is 5.47. The van der Waals surface area contributed by atoms with E-state index in [1.54, 1.807) is 0 Å². The fourth-order valence-corrected chi connectivity index (χ4v) is 3.32. The third kappa shape index (κ3) is 3.74. The molecule has 94 valence electrons. The molecule has 1 nitrogen and oxygen atoms in total. The number of hydrogen-bond acceptors (Lipinski definition) is 1. The van der Waals surface area contributed by atoms with Crippen LogP contribution >= 0.6 is 15.9 Å². The molecule has 17 heavy (non-hydrogen) atoms. The van der Waals surface area contributed by atoms with Crippen molar-refractivity contribution in [1.82, 2.24) is 0 Å². The van der Waals surface area contributed by atoms with Gasteiger partial charge < -0.3 is 4.74 Å². The molecule has 0 bridgehead atoms. The maximum atomic E-state index is 5.76. The maximum Gasteiger partial charge on any atom is 0.119 e. The first-order valence-corrected chi connectivity index (χ1v) is 7.47. The average Bonchev–Trinajstić information content (AvgIpc) is 2.28. The molecule has 2 atom stereocenters. The van der Waals surface area contributed by atoms with E-state index in [1.165, 1.54) is 31.2 Å². The predicted octanol–water partition coefficient (Wildman–Crippen LogP) is 4.89. The second kappa shape index (κ2) is 5.90. The Labute approximate surface area is 113 Å². The van der Waals surface area contributed by atoms with Gasteiger partial charge in [-0.3, -0.25) is 0 Å². The van der Waals surface area contributed by atoms with E-state index in [9.17, 15) is 0 Å². The van der Waals surface area contributed by atoms with Gasteiger partial charge in [-0.05, 0) is 56.7 Å². The van der Waals surface area contributed by atoms with Crippen molar-refractivity contribution in [2.45, 2.75) is 56.4 Å². The van der Waals surface area contributed by atoms with Gasteiger partial charge in [0.05, 0.1) is 6.10 Å². The van der Waals surface area contributed by atoms with E-state index in [4.69, 9.17) is 4.74 Å². The van der Waals surface area contributed by atoms with Gasteiger partial charge in [-0.2, -0.15) is 0 Å². The molecule has 2 heteroatoms. The van der Waals surface area contributed by atoms with E-state index in [1.807, 2.05) is 0 Å². The van der Waals surface area contributed by atoms with Crippen LogP contribution in [0.1, 0.15) is 51.0 Å². The first-order valence-electron chi connectivity index (χ1n) is 6.56. The number of alkyl halides is 1. The van der Waals surface area contributed by atoms with Crippen LogP contribution in [0.4, 0.5) is 0 Å². The molecule has 0 N–H and O–H groups in total. The highest BCUT2D eigenvalue weighted by Crippen LogP contribution is 2.36. The zero-order valence-corrected chi connectivity index (χ0v) is 12.2. The molecule has 1 saturated carbocycles. The Balaban J connectivity index is 2.09. The summed E-state index contributed by atoms with van der Waals surface area (Å²) in [5, 5.41) is 0. The molecule has 0 saturated heterocycles. The highest BCUT2D eigenvalue weighted by molar-refractivity contribution is 9.09. The fourth-order valence-electron chi connectivity index (χ4n) is 2.55. The molecular weight excluding hydrogens is 276 g/mol. The Morgan fingerprint density at radius 3 is 2.82 bits per heavy atom. The summed E-state index contributed by atoms with van der Waals surface area (Å²) in [6, 6.07) is 8.63. The normalized spacial score (nSPS) is 24.9. The lowest BCUT2D eigenvalue weighted by atomic mass is 9.84. The van der Waals surface area contributed by atoms with Crippen LogP contribution < -0.4 is 4.74 Å². The minimum Gasteiger partial charge on any atom is -0.491 e. The Morgan fingerprint density at radius 1 is 1.29 bits per heavy atom. The molecule has 0 aliphatic heterocycles. The molecule has 0 aromatic heterocycles. The third-order valence-electron chi connectivity index (χ3n) is 3.31. The van der Waals surface area contributed by atoms with Crippen molar-refractivity contribution in [1.29, 1.82) is 0 Å². The van der Waals surface area contributed by atoms with Gasteiger partial charge in [0.1, 0.15) is 5.75 Å². The van der Waals surface area contributed by atoms with Crippen LogP contribution in [0.5, 0.6) is 5.75 Å². The Bertz CT molecular complexity index is 362. The summed E-state index contributed by atoms with van der Waals surface area (Å²) < 4.78 is 5.76.